The molecule has 0 aliphatic rings. The lowest BCUT2D eigenvalue weighted by Gasteiger charge is -2.19. The highest BCUT2D eigenvalue weighted by molar-refractivity contribution is 6.20. The molecule has 1 atom stereocenters. The fourth-order valence-electron chi connectivity index (χ4n) is 0.727. The first kappa shape index (κ1) is 8.25. The molecule has 0 radical (unpaired) electrons. The number of hydrogen-bond acceptors (Lipinski definition) is 1. The largest absolute Gasteiger partial charge is 0.288 e. The summed E-state index contributed by atoms with van der Waals surface area (Å²) in [4.78, 5) is 2.18. The van der Waals surface area contributed by atoms with E-state index in [1.807, 2.05) is 6.92 Å². The van der Waals surface area contributed by atoms with Gasteiger partial charge < -0.3 is 0 Å². The maximum absolute atomic E-state index is 5.77. The third-order valence-electron chi connectivity index (χ3n) is 1.32. The Balaban J connectivity index is 3.35. The van der Waals surface area contributed by atoms with Crippen molar-refractivity contribution < 1.29 is 0 Å². The Labute approximate surface area is 56.6 Å². The normalized spacial score (nSPS) is 14.6. The van der Waals surface area contributed by atoms with Crippen molar-refractivity contribution in [3.63, 3.8) is 0 Å². The third-order valence-corrected chi connectivity index (χ3v) is 1.59. The van der Waals surface area contributed by atoms with Crippen molar-refractivity contribution in [2.45, 2.75) is 26.3 Å². The maximum Gasteiger partial charge on any atom is 0.0821 e. The van der Waals surface area contributed by atoms with E-state index in [0.717, 1.165) is 13.1 Å². The van der Waals surface area contributed by atoms with Crippen molar-refractivity contribution in [1.82, 2.24) is 4.90 Å². The van der Waals surface area contributed by atoms with Crippen LogP contribution in [0.5, 0.6) is 0 Å². The van der Waals surface area contributed by atoms with E-state index in [0.29, 0.717) is 0 Å². The van der Waals surface area contributed by atoms with Gasteiger partial charge in [-0.05, 0) is 20.0 Å². The van der Waals surface area contributed by atoms with Crippen LogP contribution >= 0.6 is 11.6 Å². The van der Waals surface area contributed by atoms with Crippen LogP contribution in [-0.4, -0.2) is 23.5 Å². The Kier molecular flexibility index (Phi) is 4.29. The standard InChI is InChI=1S/C6H14ClN/c1-4-8(5-2)6(3)7/h6H,4-5H2,1-3H3. The molecular formula is C6H14ClN. The molecule has 50 valence electrons. The molecule has 1 nitrogen and oxygen atoms in total. The molecule has 0 saturated heterocycles. The summed E-state index contributed by atoms with van der Waals surface area (Å²) >= 11 is 5.77. The SMILES string of the molecule is CCN(CC)C(C)Cl. The van der Waals surface area contributed by atoms with Gasteiger partial charge in [0.25, 0.3) is 0 Å². The lowest BCUT2D eigenvalue weighted by atomic mass is 10.5. The number of alkyl halides is 1. The third kappa shape index (κ3) is 2.53. The first-order valence-electron chi connectivity index (χ1n) is 3.10. The van der Waals surface area contributed by atoms with Gasteiger partial charge in [-0.15, -0.1) is 11.6 Å². The molecule has 0 amide bonds. The first-order valence-corrected chi connectivity index (χ1v) is 3.54. The van der Waals surface area contributed by atoms with Gasteiger partial charge in [0.15, 0.2) is 0 Å². The zero-order valence-corrected chi connectivity index (χ0v) is 6.57. The molecule has 0 aromatic heterocycles. The molecule has 0 aliphatic carbocycles. The molecule has 0 N–H and O–H groups in total. The van der Waals surface area contributed by atoms with E-state index in [2.05, 4.69) is 18.7 Å². The number of rotatable bonds is 3. The second kappa shape index (κ2) is 4.16. The minimum atomic E-state index is 0.185. The summed E-state index contributed by atoms with van der Waals surface area (Å²) in [5.41, 5.74) is 0.185. The van der Waals surface area contributed by atoms with E-state index >= 15 is 0 Å². The lowest BCUT2D eigenvalue weighted by Crippen LogP contribution is -2.28. The second-order valence-electron chi connectivity index (χ2n) is 1.80. The van der Waals surface area contributed by atoms with E-state index in [1.165, 1.54) is 0 Å². The Bertz CT molecular complexity index is 50.5. The number of nitrogens with zero attached hydrogens (tertiary/aromatic N) is 1. The van der Waals surface area contributed by atoms with E-state index in [-0.39, 0.29) is 5.50 Å². The smallest absolute Gasteiger partial charge is 0.0821 e. The zero-order chi connectivity index (χ0) is 6.57. The predicted molar refractivity (Wildman–Crippen MR) is 38.2 cm³/mol. The second-order valence-corrected chi connectivity index (χ2v) is 2.43. The monoisotopic (exact) mass is 135 g/mol. The fourth-order valence-corrected chi connectivity index (χ4v) is 1.00. The van der Waals surface area contributed by atoms with Crippen molar-refractivity contribution >= 4 is 11.6 Å². The molecule has 0 aliphatic heterocycles. The van der Waals surface area contributed by atoms with Gasteiger partial charge in [0.1, 0.15) is 0 Å². The van der Waals surface area contributed by atoms with Gasteiger partial charge in [-0.2, -0.15) is 0 Å². The molecule has 0 rings (SSSR count). The van der Waals surface area contributed by atoms with E-state index in [1.54, 1.807) is 0 Å². The zero-order valence-electron chi connectivity index (χ0n) is 5.82. The number of hydrogen-bond donors (Lipinski definition) is 0. The van der Waals surface area contributed by atoms with Crippen LogP contribution in [0.3, 0.4) is 0 Å². The molecule has 2 heteroatoms. The van der Waals surface area contributed by atoms with Crippen LogP contribution in [0.25, 0.3) is 0 Å². The Morgan fingerprint density at radius 3 is 1.75 bits per heavy atom. The highest BCUT2D eigenvalue weighted by Gasteiger charge is 2.03. The Morgan fingerprint density at radius 1 is 1.38 bits per heavy atom. The average molecular weight is 136 g/mol. The lowest BCUT2D eigenvalue weighted by molar-refractivity contribution is 0.292. The van der Waals surface area contributed by atoms with E-state index in [9.17, 15) is 0 Å². The molecule has 0 heterocycles. The highest BCUT2D eigenvalue weighted by atomic mass is 35.5. The summed E-state index contributed by atoms with van der Waals surface area (Å²) in [5.74, 6) is 0. The minimum absolute atomic E-state index is 0.185. The predicted octanol–water partition coefficient (Wildman–Crippen LogP) is 1.91. The summed E-state index contributed by atoms with van der Waals surface area (Å²) in [7, 11) is 0. The average Bonchev–Trinajstić information content (AvgIpc) is 1.69. The van der Waals surface area contributed by atoms with Crippen LogP contribution in [0, 0.1) is 0 Å². The van der Waals surface area contributed by atoms with Crippen molar-refractivity contribution in [2.75, 3.05) is 13.1 Å². The minimum Gasteiger partial charge on any atom is -0.288 e. The van der Waals surface area contributed by atoms with Crippen LogP contribution in [0.1, 0.15) is 20.8 Å². The van der Waals surface area contributed by atoms with Crippen molar-refractivity contribution in [3.05, 3.63) is 0 Å². The molecule has 0 aromatic carbocycles. The van der Waals surface area contributed by atoms with E-state index < -0.39 is 0 Å². The summed E-state index contributed by atoms with van der Waals surface area (Å²) < 4.78 is 0. The fraction of sp³-hybridized carbons (Fsp3) is 1.00. The molecule has 1 unspecified atom stereocenters. The summed E-state index contributed by atoms with van der Waals surface area (Å²) in [6.45, 7) is 8.31. The van der Waals surface area contributed by atoms with Crippen molar-refractivity contribution in [1.29, 1.82) is 0 Å². The van der Waals surface area contributed by atoms with Gasteiger partial charge in [-0.25, -0.2) is 0 Å². The van der Waals surface area contributed by atoms with Gasteiger partial charge in [-0.3, -0.25) is 4.90 Å². The molecular weight excluding hydrogens is 122 g/mol. The maximum atomic E-state index is 5.77. The summed E-state index contributed by atoms with van der Waals surface area (Å²) in [6, 6.07) is 0. The molecule has 8 heavy (non-hydrogen) atoms. The molecule has 0 aromatic rings. The topological polar surface area (TPSA) is 3.24 Å². The van der Waals surface area contributed by atoms with Crippen LogP contribution in [0.2, 0.25) is 0 Å². The summed E-state index contributed by atoms with van der Waals surface area (Å²) in [6.07, 6.45) is 0. The Hall–Kier alpha value is 0.250. The first-order chi connectivity index (χ1) is 3.72. The molecule has 0 fully saturated rings. The van der Waals surface area contributed by atoms with Gasteiger partial charge in [-0.1, -0.05) is 13.8 Å². The van der Waals surface area contributed by atoms with Gasteiger partial charge in [0.2, 0.25) is 0 Å². The molecule has 0 spiro atoms. The molecule has 0 saturated carbocycles. The quantitative estimate of drug-likeness (QED) is 0.422. The van der Waals surface area contributed by atoms with Crippen molar-refractivity contribution in [2.24, 2.45) is 0 Å². The van der Waals surface area contributed by atoms with Gasteiger partial charge in [0, 0.05) is 0 Å². The highest BCUT2D eigenvalue weighted by Crippen LogP contribution is 2.00. The summed E-state index contributed by atoms with van der Waals surface area (Å²) in [5, 5.41) is 0. The van der Waals surface area contributed by atoms with E-state index in [4.69, 9.17) is 11.6 Å². The van der Waals surface area contributed by atoms with Crippen LogP contribution in [-0.2, 0) is 0 Å². The van der Waals surface area contributed by atoms with Crippen LogP contribution < -0.4 is 0 Å². The van der Waals surface area contributed by atoms with Gasteiger partial charge >= 0.3 is 0 Å². The molecule has 0 bridgehead atoms. The van der Waals surface area contributed by atoms with Crippen molar-refractivity contribution in [3.8, 4) is 0 Å². The van der Waals surface area contributed by atoms with Crippen LogP contribution in [0.15, 0.2) is 0 Å². The van der Waals surface area contributed by atoms with Gasteiger partial charge in [0.05, 0.1) is 5.50 Å². The number of halogens is 1. The Morgan fingerprint density at radius 2 is 1.75 bits per heavy atom. The van der Waals surface area contributed by atoms with Crippen LogP contribution in [0.4, 0.5) is 0 Å².